The number of benzene rings is 1. The van der Waals surface area contributed by atoms with Gasteiger partial charge in [-0.3, -0.25) is 14.5 Å². The number of anilines is 1. The predicted molar refractivity (Wildman–Crippen MR) is 122 cm³/mol. The Morgan fingerprint density at radius 2 is 2.00 bits per heavy atom. The average molecular weight is 441 g/mol. The Hall–Kier alpha value is -2.51. The maximum absolute atomic E-state index is 13.1. The van der Waals surface area contributed by atoms with Gasteiger partial charge in [0.2, 0.25) is 0 Å². The number of carbonyl (C=O) groups is 2. The topological polar surface area (TPSA) is 70.5 Å². The van der Waals surface area contributed by atoms with Crippen LogP contribution in [0.15, 0.2) is 47.0 Å². The van der Waals surface area contributed by atoms with Gasteiger partial charge in [0.15, 0.2) is 16.7 Å². The molecular weight excluding hydrogens is 416 g/mol. The van der Waals surface area contributed by atoms with E-state index in [1.54, 1.807) is 0 Å². The van der Waals surface area contributed by atoms with Crippen molar-refractivity contribution < 1.29 is 14.7 Å². The van der Waals surface area contributed by atoms with Gasteiger partial charge in [0.05, 0.1) is 15.8 Å². The first kappa shape index (κ1) is 20.8. The van der Waals surface area contributed by atoms with Crippen LogP contribution in [0.3, 0.4) is 0 Å². The van der Waals surface area contributed by atoms with Crippen molar-refractivity contribution >= 4 is 49.7 Å². The first-order valence-electron chi connectivity index (χ1n) is 10.0. The third-order valence-electron chi connectivity index (χ3n) is 5.19. The van der Waals surface area contributed by atoms with Crippen molar-refractivity contribution in [1.82, 2.24) is 4.98 Å². The number of amides is 1. The van der Waals surface area contributed by atoms with E-state index in [-0.39, 0.29) is 23.7 Å². The lowest BCUT2D eigenvalue weighted by Gasteiger charge is -2.23. The summed E-state index contributed by atoms with van der Waals surface area (Å²) >= 11 is 2.87. The molecule has 1 N–H and O–H groups in total. The SMILES string of the molecule is CC(C)CC(=O)C1=C(O)C(=O)N(c2nc3ccc(C(C)C)cc3s2)C1c1cccs1. The second-order valence-electron chi connectivity index (χ2n) is 8.25. The lowest BCUT2D eigenvalue weighted by molar-refractivity contribution is -0.118. The Kier molecular flexibility index (Phi) is 5.51. The van der Waals surface area contributed by atoms with Gasteiger partial charge in [-0.2, -0.15) is 0 Å². The monoisotopic (exact) mass is 440 g/mol. The van der Waals surface area contributed by atoms with Crippen molar-refractivity contribution in [3.63, 3.8) is 0 Å². The van der Waals surface area contributed by atoms with Crippen molar-refractivity contribution in [2.45, 2.75) is 46.1 Å². The molecule has 4 rings (SSSR count). The molecule has 0 saturated heterocycles. The van der Waals surface area contributed by atoms with Crippen molar-refractivity contribution in [1.29, 1.82) is 0 Å². The van der Waals surface area contributed by atoms with E-state index in [0.29, 0.717) is 11.0 Å². The molecule has 0 bridgehead atoms. The number of aliphatic hydroxyl groups excluding tert-OH is 1. The fraction of sp³-hybridized carbons (Fsp3) is 0.348. The number of rotatable bonds is 6. The minimum absolute atomic E-state index is 0.128. The van der Waals surface area contributed by atoms with E-state index in [9.17, 15) is 14.7 Å². The van der Waals surface area contributed by atoms with Gasteiger partial charge in [-0.25, -0.2) is 4.98 Å². The molecule has 156 valence electrons. The summed E-state index contributed by atoms with van der Waals surface area (Å²) in [7, 11) is 0. The number of hydrogen-bond donors (Lipinski definition) is 1. The fourth-order valence-electron chi connectivity index (χ4n) is 3.68. The second kappa shape index (κ2) is 7.96. The summed E-state index contributed by atoms with van der Waals surface area (Å²) in [6, 6.07) is 9.24. The molecule has 1 aliphatic rings. The minimum Gasteiger partial charge on any atom is -0.503 e. The summed E-state index contributed by atoms with van der Waals surface area (Å²) < 4.78 is 0.982. The largest absolute Gasteiger partial charge is 0.503 e. The zero-order valence-electron chi connectivity index (χ0n) is 17.4. The van der Waals surface area contributed by atoms with Crippen LogP contribution in [0.25, 0.3) is 10.2 Å². The number of fused-ring (bicyclic) bond motifs is 1. The molecule has 30 heavy (non-hydrogen) atoms. The molecule has 1 aromatic carbocycles. The summed E-state index contributed by atoms with van der Waals surface area (Å²) in [6.07, 6.45) is 0.278. The maximum Gasteiger partial charge on any atom is 0.296 e. The van der Waals surface area contributed by atoms with Gasteiger partial charge in [0.1, 0.15) is 6.04 Å². The summed E-state index contributed by atoms with van der Waals surface area (Å²) in [6.45, 7) is 8.16. The zero-order chi connectivity index (χ0) is 21.6. The molecule has 1 unspecified atom stereocenters. The molecule has 1 amide bonds. The highest BCUT2D eigenvalue weighted by atomic mass is 32.1. The summed E-state index contributed by atoms with van der Waals surface area (Å²) in [5.74, 6) is -0.703. The molecule has 5 nitrogen and oxygen atoms in total. The van der Waals surface area contributed by atoms with Crippen LogP contribution < -0.4 is 4.90 Å². The van der Waals surface area contributed by atoms with Crippen LogP contribution in [0.5, 0.6) is 0 Å². The van der Waals surface area contributed by atoms with Crippen LogP contribution >= 0.6 is 22.7 Å². The Labute approximate surface area is 183 Å². The minimum atomic E-state index is -0.645. The smallest absolute Gasteiger partial charge is 0.296 e. The highest BCUT2D eigenvalue weighted by Crippen LogP contribution is 2.45. The van der Waals surface area contributed by atoms with Crippen LogP contribution in [-0.4, -0.2) is 21.8 Å². The molecular formula is C23H24N2O3S2. The molecule has 0 fully saturated rings. The number of thiazole rings is 1. The zero-order valence-corrected chi connectivity index (χ0v) is 19.0. The standard InChI is InChI=1S/C23H24N2O3S2/c1-12(2)10-16(26)19-20(17-6-5-9-29-17)25(22(28)21(19)27)23-24-15-8-7-14(13(3)4)11-18(15)30-23/h5-9,11-13,20,27H,10H2,1-4H3. The molecule has 1 aliphatic heterocycles. The lowest BCUT2D eigenvalue weighted by atomic mass is 9.96. The van der Waals surface area contributed by atoms with E-state index >= 15 is 0 Å². The number of Topliss-reactive ketones (excluding diaryl/α,β-unsaturated/α-hetero) is 1. The van der Waals surface area contributed by atoms with E-state index in [1.807, 2.05) is 43.5 Å². The van der Waals surface area contributed by atoms with Gasteiger partial charge >= 0.3 is 0 Å². The van der Waals surface area contributed by atoms with Gasteiger partial charge in [-0.15, -0.1) is 11.3 Å². The summed E-state index contributed by atoms with van der Waals surface area (Å²) in [4.78, 5) is 33.1. The number of aromatic nitrogens is 1. The Morgan fingerprint density at radius 1 is 1.23 bits per heavy atom. The number of thiophene rings is 1. The molecule has 3 aromatic rings. The van der Waals surface area contributed by atoms with Gasteiger partial charge < -0.3 is 5.11 Å². The number of hydrogen-bond acceptors (Lipinski definition) is 6. The number of nitrogens with zero attached hydrogens (tertiary/aromatic N) is 2. The molecule has 2 aromatic heterocycles. The van der Waals surface area contributed by atoms with Crippen LogP contribution in [0.2, 0.25) is 0 Å². The first-order chi connectivity index (χ1) is 14.3. The third-order valence-corrected chi connectivity index (χ3v) is 7.13. The van der Waals surface area contributed by atoms with Gasteiger partial charge in [0.25, 0.3) is 5.91 Å². The van der Waals surface area contributed by atoms with E-state index in [4.69, 9.17) is 0 Å². The van der Waals surface area contributed by atoms with Gasteiger partial charge in [-0.1, -0.05) is 51.2 Å². The lowest BCUT2D eigenvalue weighted by Crippen LogP contribution is -2.30. The third kappa shape index (κ3) is 3.56. The molecule has 0 saturated carbocycles. The predicted octanol–water partition coefficient (Wildman–Crippen LogP) is 6.00. The van der Waals surface area contributed by atoms with Crippen LogP contribution in [-0.2, 0) is 9.59 Å². The normalized spacial score (nSPS) is 17.2. The summed E-state index contributed by atoms with van der Waals surface area (Å²) in [5.41, 5.74) is 2.19. The average Bonchev–Trinajstić information content (AvgIpc) is 3.39. The number of aliphatic hydroxyl groups is 1. The molecule has 1 atom stereocenters. The Balaban J connectivity index is 1.82. The highest BCUT2D eigenvalue weighted by molar-refractivity contribution is 7.22. The van der Waals surface area contributed by atoms with E-state index in [1.165, 1.54) is 33.1 Å². The molecule has 0 aliphatic carbocycles. The second-order valence-corrected chi connectivity index (χ2v) is 10.2. The molecule has 0 spiro atoms. The van der Waals surface area contributed by atoms with Crippen molar-refractivity contribution in [3.8, 4) is 0 Å². The molecule has 3 heterocycles. The van der Waals surface area contributed by atoms with Crippen molar-refractivity contribution in [3.05, 3.63) is 57.5 Å². The highest BCUT2D eigenvalue weighted by Gasteiger charge is 2.46. The summed E-state index contributed by atoms with van der Waals surface area (Å²) in [5, 5.41) is 13.1. The Morgan fingerprint density at radius 3 is 2.63 bits per heavy atom. The van der Waals surface area contributed by atoms with Crippen LogP contribution in [0, 0.1) is 5.92 Å². The molecule has 7 heteroatoms. The van der Waals surface area contributed by atoms with E-state index in [2.05, 4.69) is 24.9 Å². The van der Waals surface area contributed by atoms with E-state index in [0.717, 1.165) is 15.1 Å². The van der Waals surface area contributed by atoms with Crippen molar-refractivity contribution in [2.75, 3.05) is 4.90 Å². The van der Waals surface area contributed by atoms with Crippen molar-refractivity contribution in [2.24, 2.45) is 5.92 Å². The number of ketones is 1. The number of carbonyl (C=O) groups excluding carboxylic acids is 2. The van der Waals surface area contributed by atoms with E-state index < -0.39 is 17.7 Å². The first-order valence-corrected chi connectivity index (χ1v) is 11.7. The van der Waals surface area contributed by atoms with Crippen LogP contribution in [0.1, 0.15) is 56.5 Å². The molecule has 0 radical (unpaired) electrons. The van der Waals surface area contributed by atoms with Gasteiger partial charge in [-0.05, 0) is 41.0 Å². The Bertz CT molecular complexity index is 1140. The fourth-order valence-corrected chi connectivity index (χ4v) is 5.54. The maximum atomic E-state index is 13.1. The van der Waals surface area contributed by atoms with Crippen LogP contribution in [0.4, 0.5) is 5.13 Å². The van der Waals surface area contributed by atoms with Gasteiger partial charge in [0, 0.05) is 11.3 Å². The quantitative estimate of drug-likeness (QED) is 0.511.